The van der Waals surface area contributed by atoms with Gasteiger partial charge in [0.05, 0.1) is 34.3 Å². The first-order valence-electron chi connectivity index (χ1n) is 15.9. The van der Waals surface area contributed by atoms with Crippen LogP contribution in [-0.4, -0.2) is 94.8 Å². The van der Waals surface area contributed by atoms with Crippen LogP contribution < -0.4 is 0 Å². The van der Waals surface area contributed by atoms with Crippen molar-refractivity contribution in [3.63, 3.8) is 0 Å². The predicted octanol–water partition coefficient (Wildman–Crippen LogP) is 4.40. The summed E-state index contributed by atoms with van der Waals surface area (Å²) in [6.45, 7) is 7.16. The molecule has 4 unspecified atom stereocenters. The van der Waals surface area contributed by atoms with Gasteiger partial charge >= 0.3 is 6.02 Å². The van der Waals surface area contributed by atoms with E-state index in [9.17, 15) is 9.18 Å². The summed E-state index contributed by atoms with van der Waals surface area (Å²) in [5.41, 5.74) is 4.86. The molecule has 6 aliphatic heterocycles. The molecule has 1 aromatic rings. The summed E-state index contributed by atoms with van der Waals surface area (Å²) in [4.78, 5) is 34.1. The van der Waals surface area contributed by atoms with E-state index in [4.69, 9.17) is 31.3 Å². The molecule has 1 aromatic carbocycles. The molecule has 0 bridgehead atoms. The predicted molar refractivity (Wildman–Crippen MR) is 163 cm³/mol. The number of aliphatic imine (C=N–C) groups is 3. The first-order chi connectivity index (χ1) is 20.9. The lowest BCUT2D eigenvalue weighted by Gasteiger charge is -2.50. The van der Waals surface area contributed by atoms with Crippen molar-refractivity contribution >= 4 is 35.1 Å². The van der Waals surface area contributed by atoms with Crippen LogP contribution in [-0.2, 0) is 16.0 Å². The Balaban J connectivity index is 1.04. The zero-order chi connectivity index (χ0) is 29.0. The summed E-state index contributed by atoms with van der Waals surface area (Å²) < 4.78 is 20.2. The lowest BCUT2D eigenvalue weighted by molar-refractivity contribution is -0.131. The number of ether oxygens (including phenoxy) is 1. The maximum absolute atomic E-state index is 13.7. The molecule has 2 aliphatic carbocycles. The van der Waals surface area contributed by atoms with E-state index < -0.39 is 17.9 Å². The van der Waals surface area contributed by atoms with Crippen LogP contribution in [0.15, 0.2) is 56.7 Å². The van der Waals surface area contributed by atoms with Crippen LogP contribution in [0.2, 0.25) is 0 Å². The van der Waals surface area contributed by atoms with Crippen molar-refractivity contribution in [1.29, 1.82) is 0 Å². The normalized spacial score (nSPS) is 34.6. The molecule has 8 aliphatic rings. The summed E-state index contributed by atoms with van der Waals surface area (Å²) in [6, 6.07) is 6.90. The molecule has 5 fully saturated rings. The molecule has 0 radical (unpaired) electrons. The largest absolute Gasteiger partial charge is 0.462 e. The smallest absolute Gasteiger partial charge is 0.315 e. The minimum absolute atomic E-state index is 0.0579. The Hall–Kier alpha value is -3.04. The maximum Gasteiger partial charge on any atom is 0.315 e. The number of nitrogens with zero attached hydrogens (tertiary/aromatic N) is 6. The van der Waals surface area contributed by atoms with Crippen molar-refractivity contribution in [3.8, 4) is 0 Å². The van der Waals surface area contributed by atoms with E-state index >= 15 is 0 Å². The van der Waals surface area contributed by atoms with Crippen molar-refractivity contribution in [2.45, 2.75) is 74.7 Å². The third-order valence-electron chi connectivity index (χ3n) is 11.5. The Morgan fingerprint density at radius 2 is 2.00 bits per heavy atom. The summed E-state index contributed by atoms with van der Waals surface area (Å²) in [6.07, 6.45) is 9.47. The monoisotopic (exact) mass is 602 g/mol. The Morgan fingerprint density at radius 1 is 1.16 bits per heavy atom. The molecule has 0 N–H and O–H groups in total. The zero-order valence-electron chi connectivity index (χ0n) is 24.2. The van der Waals surface area contributed by atoms with Gasteiger partial charge in [-0.25, -0.2) is 9.38 Å². The van der Waals surface area contributed by atoms with Crippen LogP contribution >= 0.6 is 11.6 Å². The Labute approximate surface area is 256 Å². The molecule has 6 heterocycles. The second kappa shape index (κ2) is 9.48. The SMILES string of the molecule is C=C(F)C(=O)N1CC[C@@H]2[C@H]1CN2C1=NC(OCC23CCCN2CCC3)=NC2N=C(c3cccc4c3C3CC3C4)C(Cl)=CC12. The highest BCUT2D eigenvalue weighted by molar-refractivity contribution is 6.47. The molecule has 43 heavy (non-hydrogen) atoms. The van der Waals surface area contributed by atoms with Gasteiger partial charge in [-0.05, 0) is 87.1 Å². The van der Waals surface area contributed by atoms with Gasteiger partial charge in [-0.3, -0.25) is 14.7 Å². The second-order valence-electron chi connectivity index (χ2n) is 13.7. The van der Waals surface area contributed by atoms with Crippen molar-refractivity contribution < 1.29 is 13.9 Å². The molecule has 1 amide bonds. The Morgan fingerprint density at radius 3 is 2.81 bits per heavy atom. The number of dihydropyridines is 1. The Kier molecular flexibility index (Phi) is 5.81. The molecular formula is C33H36ClFN6O2. The van der Waals surface area contributed by atoms with E-state index in [-0.39, 0.29) is 23.5 Å². The van der Waals surface area contributed by atoms with Gasteiger partial charge in [-0.2, -0.15) is 4.99 Å². The zero-order valence-corrected chi connectivity index (χ0v) is 25.0. The standard InChI is InChI=1S/C33H36ClFN6O2/c1-18(35)31(42)40-12-7-25-26(40)16-41(25)30-23-15-24(34)28(21-6-2-5-19-13-20-14-22(20)27(19)21)36-29(23)37-32(38-30)43-17-33-8-3-10-39(33)11-4-9-33/h2,5-6,15,20,22-23,25-26,29H,1,3-4,7-14,16-17H2/t20?,22?,23?,25-,26-,29?/m1/s1. The van der Waals surface area contributed by atoms with Crippen LogP contribution in [0.3, 0.4) is 0 Å². The number of rotatable bonds is 4. The van der Waals surface area contributed by atoms with Gasteiger partial charge in [0, 0.05) is 18.7 Å². The van der Waals surface area contributed by atoms with Crippen molar-refractivity contribution in [2.24, 2.45) is 26.8 Å². The fourth-order valence-electron chi connectivity index (χ4n) is 9.25. The number of likely N-dealkylation sites (tertiary alicyclic amines) is 2. The van der Waals surface area contributed by atoms with Crippen LogP contribution in [0.4, 0.5) is 4.39 Å². The van der Waals surface area contributed by atoms with Gasteiger partial charge in [0.25, 0.3) is 5.91 Å². The third-order valence-corrected chi connectivity index (χ3v) is 11.8. The molecule has 6 atom stereocenters. The lowest BCUT2D eigenvalue weighted by atomic mass is 9.89. The highest BCUT2D eigenvalue weighted by atomic mass is 35.5. The van der Waals surface area contributed by atoms with Crippen LogP contribution in [0.1, 0.15) is 61.1 Å². The molecular weight excluding hydrogens is 567 g/mol. The van der Waals surface area contributed by atoms with Gasteiger partial charge in [0.2, 0.25) is 0 Å². The average molecular weight is 603 g/mol. The van der Waals surface area contributed by atoms with Crippen molar-refractivity contribution in [2.75, 3.05) is 32.8 Å². The van der Waals surface area contributed by atoms with E-state index in [0.29, 0.717) is 36.7 Å². The maximum atomic E-state index is 13.7. The molecule has 1 saturated carbocycles. The fourth-order valence-corrected chi connectivity index (χ4v) is 9.53. The number of hydrogen-bond acceptors (Lipinski definition) is 7. The van der Waals surface area contributed by atoms with Gasteiger partial charge < -0.3 is 14.5 Å². The molecule has 10 heteroatoms. The van der Waals surface area contributed by atoms with E-state index in [0.717, 1.165) is 61.8 Å². The van der Waals surface area contributed by atoms with Crippen LogP contribution in [0.25, 0.3) is 0 Å². The summed E-state index contributed by atoms with van der Waals surface area (Å²) in [5, 5.41) is 0.631. The van der Waals surface area contributed by atoms with Gasteiger partial charge in [0.1, 0.15) is 12.4 Å². The first kappa shape index (κ1) is 26.4. The first-order valence-corrected chi connectivity index (χ1v) is 16.3. The molecule has 8 nitrogen and oxygen atoms in total. The van der Waals surface area contributed by atoms with E-state index in [1.54, 1.807) is 4.90 Å². The van der Waals surface area contributed by atoms with Gasteiger partial charge in [0.15, 0.2) is 12.0 Å². The minimum Gasteiger partial charge on any atom is -0.462 e. The second-order valence-corrected chi connectivity index (χ2v) is 14.1. The third kappa shape index (κ3) is 3.96. The number of hydrogen-bond donors (Lipinski definition) is 0. The number of benzene rings is 1. The summed E-state index contributed by atoms with van der Waals surface area (Å²) >= 11 is 7.05. The minimum atomic E-state index is -0.905. The van der Waals surface area contributed by atoms with Gasteiger partial charge in [-0.15, -0.1) is 0 Å². The van der Waals surface area contributed by atoms with E-state index in [1.165, 1.54) is 30.4 Å². The number of fused-ring (bicyclic) bond motifs is 6. The van der Waals surface area contributed by atoms with E-state index in [2.05, 4.69) is 40.7 Å². The molecule has 9 rings (SSSR count). The van der Waals surface area contributed by atoms with Crippen LogP contribution in [0.5, 0.6) is 0 Å². The average Bonchev–Trinajstić information content (AvgIpc) is 3.28. The van der Waals surface area contributed by atoms with E-state index in [1.807, 2.05) is 0 Å². The quantitative estimate of drug-likeness (QED) is 0.479. The lowest BCUT2D eigenvalue weighted by Crippen LogP contribution is -2.66. The van der Waals surface area contributed by atoms with Crippen molar-refractivity contribution in [1.82, 2.24) is 14.7 Å². The summed E-state index contributed by atoms with van der Waals surface area (Å²) in [5.74, 6) is 0.466. The summed E-state index contributed by atoms with van der Waals surface area (Å²) in [7, 11) is 0. The fraction of sp³-hybridized carbons (Fsp3) is 0.576. The molecule has 224 valence electrons. The topological polar surface area (TPSA) is 73.1 Å². The van der Waals surface area contributed by atoms with Crippen molar-refractivity contribution in [3.05, 3.63) is 58.4 Å². The number of allylic oxidation sites excluding steroid dienone is 1. The molecule has 0 spiro atoms. The number of amidine groups is 2. The molecule has 0 aromatic heterocycles. The van der Waals surface area contributed by atoms with Crippen LogP contribution in [0, 0.1) is 11.8 Å². The van der Waals surface area contributed by atoms with Gasteiger partial charge in [-0.1, -0.05) is 36.4 Å². The molecule has 4 saturated heterocycles. The Bertz CT molecular complexity index is 1560. The number of carbonyl (C=O) groups is 1. The number of halogens is 2. The number of carbonyl (C=O) groups excluding carboxylic acids is 1. The highest BCUT2D eigenvalue weighted by Gasteiger charge is 2.53. The highest BCUT2D eigenvalue weighted by Crippen LogP contribution is 2.57. The number of amides is 1.